The summed E-state index contributed by atoms with van der Waals surface area (Å²) in [5.74, 6) is 0.201. The van der Waals surface area contributed by atoms with E-state index < -0.39 is 0 Å². The Morgan fingerprint density at radius 3 is 2.44 bits per heavy atom. The molecule has 0 bridgehead atoms. The van der Waals surface area contributed by atoms with Gasteiger partial charge in [-0.1, -0.05) is 22.0 Å². The van der Waals surface area contributed by atoms with Gasteiger partial charge < -0.3 is 14.5 Å². The van der Waals surface area contributed by atoms with Crippen LogP contribution < -0.4 is 9.64 Å². The molecule has 5 nitrogen and oxygen atoms in total. The average Bonchev–Trinajstić information content (AvgIpc) is 2.60. The SMILES string of the molecule is Cc1cc(N(C)C(=O)c2cccc(OCC(=O)N(C)C)c2)ccc1Br. The van der Waals surface area contributed by atoms with Crippen LogP contribution in [-0.4, -0.2) is 44.5 Å². The molecule has 0 radical (unpaired) electrons. The number of aryl methyl sites for hydroxylation is 1. The summed E-state index contributed by atoms with van der Waals surface area (Å²) in [6.07, 6.45) is 0. The number of benzene rings is 2. The molecule has 6 heteroatoms. The minimum absolute atomic E-state index is 0.0631. The molecule has 0 aromatic heterocycles. The summed E-state index contributed by atoms with van der Waals surface area (Å²) in [7, 11) is 5.07. The summed E-state index contributed by atoms with van der Waals surface area (Å²) in [5.41, 5.74) is 2.36. The quantitative estimate of drug-likeness (QED) is 0.765. The fourth-order valence-corrected chi connectivity index (χ4v) is 2.39. The van der Waals surface area contributed by atoms with Gasteiger partial charge in [0.15, 0.2) is 6.61 Å². The van der Waals surface area contributed by atoms with Crippen LogP contribution in [0.25, 0.3) is 0 Å². The minimum atomic E-state index is -0.147. The van der Waals surface area contributed by atoms with Gasteiger partial charge in [-0.3, -0.25) is 9.59 Å². The zero-order chi connectivity index (χ0) is 18.6. The standard InChI is InChI=1S/C19H21BrN2O3/c1-13-10-15(8-9-17(13)20)22(4)19(24)14-6-5-7-16(11-14)25-12-18(23)21(2)3/h5-11H,12H2,1-4H3. The fourth-order valence-electron chi connectivity index (χ4n) is 2.14. The lowest BCUT2D eigenvalue weighted by molar-refractivity contribution is -0.130. The largest absolute Gasteiger partial charge is 0.484 e. The highest BCUT2D eigenvalue weighted by Crippen LogP contribution is 2.24. The number of anilines is 1. The first kappa shape index (κ1) is 19.0. The van der Waals surface area contributed by atoms with Gasteiger partial charge in [-0.25, -0.2) is 0 Å². The first-order valence-electron chi connectivity index (χ1n) is 7.77. The van der Waals surface area contributed by atoms with Crippen molar-refractivity contribution in [3.8, 4) is 5.75 Å². The van der Waals surface area contributed by atoms with E-state index in [0.29, 0.717) is 11.3 Å². The van der Waals surface area contributed by atoms with Crippen LogP contribution in [0.2, 0.25) is 0 Å². The number of ether oxygens (including phenoxy) is 1. The van der Waals surface area contributed by atoms with Crippen LogP contribution in [0.3, 0.4) is 0 Å². The molecule has 2 amide bonds. The number of likely N-dealkylation sites (N-methyl/N-ethyl adjacent to an activating group) is 1. The van der Waals surface area contributed by atoms with Gasteiger partial charge in [0.1, 0.15) is 5.75 Å². The molecule has 0 spiro atoms. The number of hydrogen-bond donors (Lipinski definition) is 0. The van der Waals surface area contributed by atoms with E-state index >= 15 is 0 Å². The average molecular weight is 405 g/mol. The van der Waals surface area contributed by atoms with Gasteiger partial charge in [0, 0.05) is 36.9 Å². The number of carbonyl (C=O) groups excluding carboxylic acids is 2. The van der Waals surface area contributed by atoms with E-state index in [1.165, 1.54) is 4.90 Å². The van der Waals surface area contributed by atoms with Gasteiger partial charge in [0.05, 0.1) is 0 Å². The molecule has 2 aromatic rings. The lowest BCUT2D eigenvalue weighted by Crippen LogP contribution is -2.28. The first-order chi connectivity index (χ1) is 11.8. The molecule has 0 N–H and O–H groups in total. The Kier molecular flexibility index (Phi) is 6.20. The van der Waals surface area contributed by atoms with Gasteiger partial charge in [0.25, 0.3) is 11.8 Å². The molecule has 0 fully saturated rings. The lowest BCUT2D eigenvalue weighted by atomic mass is 10.1. The van der Waals surface area contributed by atoms with E-state index in [2.05, 4.69) is 15.9 Å². The molecule has 0 unspecified atom stereocenters. The summed E-state index contributed by atoms with van der Waals surface area (Å²) < 4.78 is 6.47. The van der Waals surface area contributed by atoms with Crippen molar-refractivity contribution in [3.05, 3.63) is 58.1 Å². The molecule has 0 aliphatic rings. The Labute approximate surface area is 156 Å². The lowest BCUT2D eigenvalue weighted by Gasteiger charge is -2.19. The van der Waals surface area contributed by atoms with Crippen LogP contribution in [0, 0.1) is 6.92 Å². The van der Waals surface area contributed by atoms with Crippen molar-refractivity contribution in [2.45, 2.75) is 6.92 Å². The van der Waals surface area contributed by atoms with Crippen molar-refractivity contribution < 1.29 is 14.3 Å². The second-order valence-electron chi connectivity index (χ2n) is 5.90. The topological polar surface area (TPSA) is 49.9 Å². The minimum Gasteiger partial charge on any atom is -0.484 e. The molecule has 0 saturated carbocycles. The maximum atomic E-state index is 12.7. The summed E-state index contributed by atoms with van der Waals surface area (Å²) >= 11 is 3.46. The summed E-state index contributed by atoms with van der Waals surface area (Å²) in [5, 5.41) is 0. The third kappa shape index (κ3) is 4.82. The molecule has 0 aliphatic heterocycles. The highest BCUT2D eigenvalue weighted by molar-refractivity contribution is 9.10. The predicted molar refractivity (Wildman–Crippen MR) is 102 cm³/mol. The molecular formula is C19H21BrN2O3. The van der Waals surface area contributed by atoms with Crippen molar-refractivity contribution in [1.82, 2.24) is 4.90 Å². The Hall–Kier alpha value is -2.34. The van der Waals surface area contributed by atoms with Gasteiger partial charge in [-0.15, -0.1) is 0 Å². The normalized spacial score (nSPS) is 10.3. The van der Waals surface area contributed by atoms with Crippen molar-refractivity contribution in [2.75, 3.05) is 32.6 Å². The zero-order valence-corrected chi connectivity index (χ0v) is 16.3. The number of nitrogens with zero attached hydrogens (tertiary/aromatic N) is 2. The van der Waals surface area contributed by atoms with E-state index in [1.54, 1.807) is 50.3 Å². The third-order valence-corrected chi connectivity index (χ3v) is 4.67. The molecule has 2 aromatic carbocycles. The van der Waals surface area contributed by atoms with Crippen LogP contribution in [0.1, 0.15) is 15.9 Å². The van der Waals surface area contributed by atoms with Crippen molar-refractivity contribution >= 4 is 33.4 Å². The van der Waals surface area contributed by atoms with Crippen LogP contribution in [-0.2, 0) is 4.79 Å². The van der Waals surface area contributed by atoms with E-state index in [0.717, 1.165) is 15.7 Å². The highest BCUT2D eigenvalue weighted by atomic mass is 79.9. The second kappa shape index (κ2) is 8.16. The number of carbonyl (C=O) groups is 2. The first-order valence-corrected chi connectivity index (χ1v) is 8.56. The van der Waals surface area contributed by atoms with E-state index in [1.807, 2.05) is 25.1 Å². The smallest absolute Gasteiger partial charge is 0.259 e. The van der Waals surface area contributed by atoms with Crippen LogP contribution in [0.15, 0.2) is 46.9 Å². The number of rotatable bonds is 5. The molecule has 2 rings (SSSR count). The monoisotopic (exact) mass is 404 g/mol. The molecule has 25 heavy (non-hydrogen) atoms. The van der Waals surface area contributed by atoms with Crippen molar-refractivity contribution in [3.63, 3.8) is 0 Å². The summed E-state index contributed by atoms with van der Waals surface area (Å²) in [6, 6.07) is 12.6. The highest BCUT2D eigenvalue weighted by Gasteiger charge is 2.15. The fraction of sp³-hybridized carbons (Fsp3) is 0.263. The number of hydrogen-bond acceptors (Lipinski definition) is 3. The molecule has 0 atom stereocenters. The Balaban J connectivity index is 2.14. The number of halogens is 1. The molecule has 132 valence electrons. The zero-order valence-electron chi connectivity index (χ0n) is 14.7. The Morgan fingerprint density at radius 2 is 1.80 bits per heavy atom. The summed E-state index contributed by atoms with van der Waals surface area (Å²) in [4.78, 5) is 27.4. The molecule has 0 heterocycles. The second-order valence-corrected chi connectivity index (χ2v) is 6.76. The molecule has 0 aliphatic carbocycles. The van der Waals surface area contributed by atoms with Crippen LogP contribution in [0.4, 0.5) is 5.69 Å². The van der Waals surface area contributed by atoms with E-state index in [4.69, 9.17) is 4.74 Å². The van der Waals surface area contributed by atoms with Crippen LogP contribution in [0.5, 0.6) is 5.75 Å². The Morgan fingerprint density at radius 1 is 1.08 bits per heavy atom. The van der Waals surface area contributed by atoms with Gasteiger partial charge >= 0.3 is 0 Å². The van der Waals surface area contributed by atoms with E-state index in [9.17, 15) is 9.59 Å². The molecule has 0 saturated heterocycles. The predicted octanol–water partition coefficient (Wildman–Crippen LogP) is 3.50. The van der Waals surface area contributed by atoms with Gasteiger partial charge in [-0.2, -0.15) is 0 Å². The summed E-state index contributed by atoms with van der Waals surface area (Å²) in [6.45, 7) is 1.91. The van der Waals surface area contributed by atoms with Gasteiger partial charge in [0.2, 0.25) is 0 Å². The Bertz CT molecular complexity index is 790. The van der Waals surface area contributed by atoms with E-state index in [-0.39, 0.29) is 18.4 Å². The number of amides is 2. The maximum Gasteiger partial charge on any atom is 0.259 e. The van der Waals surface area contributed by atoms with Gasteiger partial charge in [-0.05, 0) is 48.9 Å². The third-order valence-electron chi connectivity index (χ3n) is 3.78. The van der Waals surface area contributed by atoms with Crippen molar-refractivity contribution in [1.29, 1.82) is 0 Å². The molecular weight excluding hydrogens is 384 g/mol. The van der Waals surface area contributed by atoms with Crippen molar-refractivity contribution in [2.24, 2.45) is 0 Å². The van der Waals surface area contributed by atoms with Crippen LogP contribution >= 0.6 is 15.9 Å². The maximum absolute atomic E-state index is 12.7.